The predicted molar refractivity (Wildman–Crippen MR) is 75.8 cm³/mol. The van der Waals surface area contributed by atoms with Crippen LogP contribution in [0.15, 0.2) is 41.3 Å². The first kappa shape index (κ1) is 12.7. The number of esters is 1. The number of nitrogens with one attached hydrogen (secondary N) is 1. The second-order valence-corrected chi connectivity index (χ2v) is 5.63. The van der Waals surface area contributed by atoms with Gasteiger partial charge >= 0.3 is 5.97 Å². The molecule has 1 aromatic heterocycles. The van der Waals surface area contributed by atoms with Crippen LogP contribution in [0.2, 0.25) is 0 Å². The Morgan fingerprint density at radius 1 is 1.10 bits per heavy atom. The molecule has 4 heteroatoms. The molecule has 1 aliphatic heterocycles. The number of benzene rings is 1. The summed E-state index contributed by atoms with van der Waals surface area (Å²) in [7, 11) is 0. The highest BCUT2D eigenvalue weighted by Gasteiger charge is 2.35. The fourth-order valence-electron chi connectivity index (χ4n) is 2.63. The Balaban J connectivity index is 2.28. The van der Waals surface area contributed by atoms with Crippen molar-refractivity contribution < 1.29 is 9.53 Å². The summed E-state index contributed by atoms with van der Waals surface area (Å²) in [4.78, 5) is 26.4. The predicted octanol–water partition coefficient (Wildman–Crippen LogP) is 2.63. The summed E-state index contributed by atoms with van der Waals surface area (Å²) >= 11 is 0. The van der Waals surface area contributed by atoms with Crippen molar-refractivity contribution in [2.24, 2.45) is 0 Å². The van der Waals surface area contributed by atoms with Crippen molar-refractivity contribution >= 4 is 5.97 Å². The fraction of sp³-hybridized carbons (Fsp3) is 0.250. The Kier molecular flexibility index (Phi) is 2.74. The SMILES string of the molecule is CC1(C)CC(=O)Oc2c(-c3ccc[nH]c3=O)cccc21. The summed E-state index contributed by atoms with van der Waals surface area (Å²) in [6.45, 7) is 4.01. The number of pyridine rings is 1. The molecule has 0 radical (unpaired) electrons. The lowest BCUT2D eigenvalue weighted by Gasteiger charge is -2.32. The largest absolute Gasteiger partial charge is 0.426 e. The number of ether oxygens (including phenoxy) is 1. The van der Waals surface area contributed by atoms with Crippen molar-refractivity contribution in [1.29, 1.82) is 0 Å². The van der Waals surface area contributed by atoms with Crippen LogP contribution < -0.4 is 10.3 Å². The summed E-state index contributed by atoms with van der Waals surface area (Å²) < 4.78 is 5.42. The number of aromatic amines is 1. The molecule has 0 saturated carbocycles. The maximum atomic E-state index is 12.0. The number of hydrogen-bond acceptors (Lipinski definition) is 3. The van der Waals surface area contributed by atoms with Crippen molar-refractivity contribution in [2.75, 3.05) is 0 Å². The fourth-order valence-corrected chi connectivity index (χ4v) is 2.63. The lowest BCUT2D eigenvalue weighted by Crippen LogP contribution is -2.31. The number of rotatable bonds is 1. The van der Waals surface area contributed by atoms with E-state index in [-0.39, 0.29) is 16.9 Å². The number of carbonyl (C=O) groups excluding carboxylic acids is 1. The molecular formula is C16H15NO3. The maximum absolute atomic E-state index is 12.0. The lowest BCUT2D eigenvalue weighted by atomic mass is 9.78. The summed E-state index contributed by atoms with van der Waals surface area (Å²) in [5, 5.41) is 0. The lowest BCUT2D eigenvalue weighted by molar-refractivity contribution is -0.136. The van der Waals surface area contributed by atoms with Crippen LogP contribution in [0.4, 0.5) is 0 Å². The number of H-pyrrole nitrogens is 1. The van der Waals surface area contributed by atoms with Gasteiger partial charge in [0.25, 0.3) is 5.56 Å². The van der Waals surface area contributed by atoms with Crippen molar-refractivity contribution in [2.45, 2.75) is 25.7 Å². The Morgan fingerprint density at radius 2 is 1.85 bits per heavy atom. The van der Waals surface area contributed by atoms with E-state index in [9.17, 15) is 9.59 Å². The average Bonchev–Trinajstić information content (AvgIpc) is 2.38. The normalized spacial score (nSPS) is 16.4. The second-order valence-electron chi connectivity index (χ2n) is 5.63. The monoisotopic (exact) mass is 269 g/mol. The van der Waals surface area contributed by atoms with Crippen molar-refractivity contribution in [3.8, 4) is 16.9 Å². The molecule has 0 saturated heterocycles. The van der Waals surface area contributed by atoms with Crippen LogP contribution in [-0.2, 0) is 10.2 Å². The molecule has 0 unspecified atom stereocenters. The van der Waals surface area contributed by atoms with E-state index in [2.05, 4.69) is 4.98 Å². The standard InChI is InChI=1S/C16H15NO3/c1-16(2)9-13(18)20-14-10(5-3-7-12(14)16)11-6-4-8-17-15(11)19/h3-8H,9H2,1-2H3,(H,17,19). The van der Waals surface area contributed by atoms with Gasteiger partial charge < -0.3 is 9.72 Å². The van der Waals surface area contributed by atoms with Crippen LogP contribution in [0.5, 0.6) is 5.75 Å². The van der Waals surface area contributed by atoms with Crippen LogP contribution >= 0.6 is 0 Å². The molecule has 20 heavy (non-hydrogen) atoms. The van der Waals surface area contributed by atoms with Gasteiger partial charge in [-0.1, -0.05) is 32.0 Å². The first-order valence-electron chi connectivity index (χ1n) is 6.51. The molecular weight excluding hydrogens is 254 g/mol. The molecule has 1 aromatic carbocycles. The molecule has 0 fully saturated rings. The molecule has 2 aromatic rings. The molecule has 0 atom stereocenters. The first-order chi connectivity index (χ1) is 9.49. The topological polar surface area (TPSA) is 59.2 Å². The van der Waals surface area contributed by atoms with Crippen LogP contribution in [-0.4, -0.2) is 11.0 Å². The quantitative estimate of drug-likeness (QED) is 0.639. The summed E-state index contributed by atoms with van der Waals surface area (Å²) in [5.41, 5.74) is 1.64. The van der Waals surface area contributed by atoms with Gasteiger partial charge in [-0.3, -0.25) is 9.59 Å². The number of hydrogen-bond donors (Lipinski definition) is 1. The molecule has 0 aliphatic carbocycles. The third-order valence-corrected chi connectivity index (χ3v) is 3.65. The number of carbonyl (C=O) groups is 1. The van der Waals surface area contributed by atoms with E-state index < -0.39 is 0 Å². The average molecular weight is 269 g/mol. The minimum atomic E-state index is -0.289. The zero-order chi connectivity index (χ0) is 14.3. The van der Waals surface area contributed by atoms with Gasteiger partial charge in [-0.05, 0) is 12.1 Å². The highest BCUT2D eigenvalue weighted by molar-refractivity contribution is 5.83. The van der Waals surface area contributed by atoms with E-state index in [0.29, 0.717) is 23.3 Å². The van der Waals surface area contributed by atoms with E-state index in [1.54, 1.807) is 24.4 Å². The van der Waals surface area contributed by atoms with Gasteiger partial charge in [0.15, 0.2) is 0 Å². The summed E-state index contributed by atoms with van der Waals surface area (Å²) in [6, 6.07) is 9.12. The molecule has 0 spiro atoms. The third kappa shape index (κ3) is 1.93. The van der Waals surface area contributed by atoms with Gasteiger partial charge in [-0.15, -0.1) is 0 Å². The van der Waals surface area contributed by atoms with Crippen LogP contribution in [0.3, 0.4) is 0 Å². The van der Waals surface area contributed by atoms with E-state index in [4.69, 9.17) is 4.74 Å². The Bertz CT molecular complexity index is 743. The minimum absolute atomic E-state index is 0.194. The van der Waals surface area contributed by atoms with Crippen molar-refractivity contribution in [3.05, 3.63) is 52.4 Å². The number of aromatic nitrogens is 1. The Labute approximate surface area is 116 Å². The molecule has 0 bridgehead atoms. The van der Waals surface area contributed by atoms with E-state index in [0.717, 1.165) is 5.56 Å². The first-order valence-corrected chi connectivity index (χ1v) is 6.51. The maximum Gasteiger partial charge on any atom is 0.312 e. The van der Waals surface area contributed by atoms with Crippen LogP contribution in [0.25, 0.3) is 11.1 Å². The molecule has 3 rings (SSSR count). The smallest absolute Gasteiger partial charge is 0.312 e. The molecule has 2 heterocycles. The summed E-state index contributed by atoms with van der Waals surface area (Å²) in [5.74, 6) is 0.243. The minimum Gasteiger partial charge on any atom is -0.426 e. The number of para-hydroxylation sites is 1. The molecule has 4 nitrogen and oxygen atoms in total. The zero-order valence-electron chi connectivity index (χ0n) is 11.4. The van der Waals surface area contributed by atoms with Gasteiger partial charge in [0, 0.05) is 22.7 Å². The second kappa shape index (κ2) is 4.34. The Hall–Kier alpha value is -2.36. The van der Waals surface area contributed by atoms with Crippen LogP contribution in [0.1, 0.15) is 25.8 Å². The highest BCUT2D eigenvalue weighted by atomic mass is 16.5. The molecule has 102 valence electrons. The van der Waals surface area contributed by atoms with Gasteiger partial charge in [0.05, 0.1) is 12.0 Å². The van der Waals surface area contributed by atoms with Crippen molar-refractivity contribution in [1.82, 2.24) is 4.98 Å². The van der Waals surface area contributed by atoms with Crippen LogP contribution in [0, 0.1) is 0 Å². The zero-order valence-corrected chi connectivity index (χ0v) is 11.4. The number of fused-ring (bicyclic) bond motifs is 1. The van der Waals surface area contributed by atoms with Gasteiger partial charge in [-0.25, -0.2) is 0 Å². The summed E-state index contributed by atoms with van der Waals surface area (Å²) in [6.07, 6.45) is 1.92. The van der Waals surface area contributed by atoms with E-state index >= 15 is 0 Å². The third-order valence-electron chi connectivity index (χ3n) is 3.65. The molecule has 0 amide bonds. The highest BCUT2D eigenvalue weighted by Crippen LogP contribution is 2.43. The molecule has 1 aliphatic rings. The van der Waals surface area contributed by atoms with Gasteiger partial charge in [0.1, 0.15) is 5.75 Å². The Morgan fingerprint density at radius 3 is 2.60 bits per heavy atom. The van der Waals surface area contributed by atoms with E-state index in [1.165, 1.54) is 0 Å². The molecule has 1 N–H and O–H groups in total. The van der Waals surface area contributed by atoms with Crippen molar-refractivity contribution in [3.63, 3.8) is 0 Å². The van der Waals surface area contributed by atoms with Gasteiger partial charge in [0.2, 0.25) is 0 Å². The van der Waals surface area contributed by atoms with E-state index in [1.807, 2.05) is 26.0 Å². The van der Waals surface area contributed by atoms with Gasteiger partial charge in [-0.2, -0.15) is 0 Å².